The van der Waals surface area contributed by atoms with Crippen LogP contribution in [0.2, 0.25) is 0 Å². The minimum atomic E-state index is -1.10. The average molecular weight is 388 g/mol. The van der Waals surface area contributed by atoms with Crippen molar-refractivity contribution >= 4 is 12.1 Å². The standard InChI is InChI=1S/C24H21NO4/c26-23(27)22(14-16-8-2-1-3-9-16)25-24(28)29-15-21-19-12-6-4-10-17(19)18-11-5-7-13-20(18)21/h1-13,21-22H,14-15H2,(H,25,28)(H,26,27)/t22-/m0/s1/i23+1. The van der Waals surface area contributed by atoms with Gasteiger partial charge in [-0.1, -0.05) is 78.9 Å². The molecule has 3 aromatic carbocycles. The van der Waals surface area contributed by atoms with E-state index in [4.69, 9.17) is 4.74 Å². The maximum absolute atomic E-state index is 12.3. The fraction of sp³-hybridized carbons (Fsp3) is 0.167. The van der Waals surface area contributed by atoms with Crippen LogP contribution in [0.25, 0.3) is 11.1 Å². The second-order valence-corrected chi connectivity index (χ2v) is 7.05. The Balaban J connectivity index is 1.43. The predicted molar refractivity (Wildman–Crippen MR) is 110 cm³/mol. The SMILES string of the molecule is O=C(N[C@@H](Cc1ccccc1)[13C](=O)O)OCC1c2ccccc2-c2ccccc21. The minimum Gasteiger partial charge on any atom is -0.480 e. The summed E-state index contributed by atoms with van der Waals surface area (Å²) in [5.74, 6) is -1.16. The van der Waals surface area contributed by atoms with Gasteiger partial charge in [0.15, 0.2) is 0 Å². The molecule has 0 saturated heterocycles. The fourth-order valence-electron chi connectivity index (χ4n) is 3.83. The molecule has 2 N–H and O–H groups in total. The van der Waals surface area contributed by atoms with Crippen molar-refractivity contribution in [2.24, 2.45) is 0 Å². The fourth-order valence-corrected chi connectivity index (χ4v) is 3.83. The highest BCUT2D eigenvalue weighted by Gasteiger charge is 2.29. The molecule has 146 valence electrons. The molecule has 1 amide bonds. The van der Waals surface area contributed by atoms with Crippen molar-refractivity contribution < 1.29 is 19.4 Å². The Bertz CT molecular complexity index is 986. The Hall–Kier alpha value is -3.60. The lowest BCUT2D eigenvalue weighted by Gasteiger charge is -2.17. The van der Waals surface area contributed by atoms with E-state index in [2.05, 4.69) is 17.4 Å². The van der Waals surface area contributed by atoms with Crippen LogP contribution in [0.3, 0.4) is 0 Å². The van der Waals surface area contributed by atoms with Gasteiger partial charge in [-0.05, 0) is 27.8 Å². The smallest absolute Gasteiger partial charge is 0.407 e. The highest BCUT2D eigenvalue weighted by molar-refractivity contribution is 5.81. The molecular formula is C24H21NO4. The second kappa shape index (κ2) is 8.19. The monoisotopic (exact) mass is 388 g/mol. The molecule has 0 aliphatic heterocycles. The summed E-state index contributed by atoms with van der Waals surface area (Å²) < 4.78 is 5.44. The van der Waals surface area contributed by atoms with Gasteiger partial charge in [0.2, 0.25) is 0 Å². The summed E-state index contributed by atoms with van der Waals surface area (Å²) in [4.78, 5) is 23.9. The summed E-state index contributed by atoms with van der Waals surface area (Å²) in [5.41, 5.74) is 5.34. The number of hydrogen-bond donors (Lipinski definition) is 2. The lowest BCUT2D eigenvalue weighted by molar-refractivity contribution is -0.139. The van der Waals surface area contributed by atoms with Gasteiger partial charge in [0, 0.05) is 12.3 Å². The Labute approximate surface area is 169 Å². The van der Waals surface area contributed by atoms with Crippen LogP contribution >= 0.6 is 0 Å². The number of carbonyl (C=O) groups is 2. The van der Waals surface area contributed by atoms with E-state index in [0.717, 1.165) is 27.8 Å². The lowest BCUT2D eigenvalue weighted by Crippen LogP contribution is -2.42. The van der Waals surface area contributed by atoms with E-state index < -0.39 is 18.1 Å². The Morgan fingerprint density at radius 3 is 2.00 bits per heavy atom. The molecule has 0 radical (unpaired) electrons. The number of fused-ring (bicyclic) bond motifs is 3. The highest BCUT2D eigenvalue weighted by Crippen LogP contribution is 2.44. The van der Waals surface area contributed by atoms with Crippen LogP contribution in [0.15, 0.2) is 78.9 Å². The van der Waals surface area contributed by atoms with Crippen molar-refractivity contribution in [3.8, 4) is 11.1 Å². The number of carbonyl (C=O) groups excluding carboxylic acids is 1. The zero-order valence-corrected chi connectivity index (χ0v) is 15.7. The summed E-state index contributed by atoms with van der Waals surface area (Å²) in [7, 11) is 0. The van der Waals surface area contributed by atoms with Crippen LogP contribution in [-0.2, 0) is 16.0 Å². The van der Waals surface area contributed by atoms with Gasteiger partial charge in [0.25, 0.3) is 0 Å². The first-order valence-electron chi connectivity index (χ1n) is 9.51. The first kappa shape index (κ1) is 18.7. The molecule has 1 aliphatic rings. The van der Waals surface area contributed by atoms with Crippen molar-refractivity contribution in [2.75, 3.05) is 6.61 Å². The molecule has 3 aromatic rings. The third-order valence-electron chi connectivity index (χ3n) is 5.22. The molecule has 0 saturated carbocycles. The van der Waals surface area contributed by atoms with Crippen molar-refractivity contribution in [2.45, 2.75) is 18.4 Å². The van der Waals surface area contributed by atoms with Crippen LogP contribution in [0.1, 0.15) is 22.6 Å². The number of ether oxygens (including phenoxy) is 1. The Kier molecular flexibility index (Phi) is 5.29. The number of amides is 1. The van der Waals surface area contributed by atoms with E-state index in [1.54, 1.807) is 0 Å². The molecule has 5 nitrogen and oxygen atoms in total. The Morgan fingerprint density at radius 2 is 1.41 bits per heavy atom. The van der Waals surface area contributed by atoms with Crippen LogP contribution in [-0.4, -0.2) is 29.8 Å². The summed E-state index contributed by atoms with van der Waals surface area (Å²) in [5, 5.41) is 11.9. The van der Waals surface area contributed by atoms with Crippen molar-refractivity contribution in [1.29, 1.82) is 0 Å². The molecule has 29 heavy (non-hydrogen) atoms. The summed E-state index contributed by atoms with van der Waals surface area (Å²) >= 11 is 0. The van der Waals surface area contributed by atoms with Crippen LogP contribution < -0.4 is 5.32 Å². The number of carboxylic acid groups (broad SMARTS) is 1. The van der Waals surface area contributed by atoms with Crippen LogP contribution in [0.4, 0.5) is 4.79 Å². The number of nitrogens with one attached hydrogen (secondary N) is 1. The first-order chi connectivity index (χ1) is 14.1. The summed E-state index contributed by atoms with van der Waals surface area (Å²) in [6.07, 6.45) is -0.532. The zero-order chi connectivity index (χ0) is 20.2. The van der Waals surface area contributed by atoms with Crippen molar-refractivity contribution in [3.05, 3.63) is 95.6 Å². The number of alkyl carbamates (subject to hydrolysis) is 1. The average Bonchev–Trinajstić information content (AvgIpc) is 3.06. The van der Waals surface area contributed by atoms with Gasteiger partial charge in [0.05, 0.1) is 0 Å². The van der Waals surface area contributed by atoms with Crippen molar-refractivity contribution in [3.63, 3.8) is 0 Å². The molecule has 1 atom stereocenters. The molecule has 0 bridgehead atoms. The molecule has 0 spiro atoms. The molecule has 4 rings (SSSR count). The largest absolute Gasteiger partial charge is 0.480 e. The molecule has 0 unspecified atom stereocenters. The number of hydrogen-bond acceptors (Lipinski definition) is 3. The zero-order valence-electron chi connectivity index (χ0n) is 15.7. The molecule has 5 heteroatoms. The van der Waals surface area contributed by atoms with Gasteiger partial charge < -0.3 is 15.2 Å². The van der Waals surface area contributed by atoms with E-state index >= 15 is 0 Å². The highest BCUT2D eigenvalue weighted by atomic mass is 16.5. The van der Waals surface area contributed by atoms with Gasteiger partial charge in [-0.25, -0.2) is 9.59 Å². The predicted octanol–water partition coefficient (Wildman–Crippen LogP) is 4.22. The van der Waals surface area contributed by atoms with Gasteiger partial charge in [-0.2, -0.15) is 0 Å². The van der Waals surface area contributed by atoms with E-state index in [-0.39, 0.29) is 18.9 Å². The van der Waals surface area contributed by atoms with E-state index in [1.807, 2.05) is 66.7 Å². The topological polar surface area (TPSA) is 75.6 Å². The molecule has 0 aromatic heterocycles. The quantitative estimate of drug-likeness (QED) is 0.620. The molecule has 0 fully saturated rings. The van der Waals surface area contributed by atoms with Crippen molar-refractivity contribution in [1.82, 2.24) is 5.32 Å². The number of benzene rings is 3. The first-order valence-corrected chi connectivity index (χ1v) is 9.51. The van der Waals surface area contributed by atoms with E-state index in [1.165, 1.54) is 0 Å². The van der Waals surface area contributed by atoms with Crippen LogP contribution in [0.5, 0.6) is 0 Å². The summed E-state index contributed by atoms with van der Waals surface area (Å²) in [6, 6.07) is 24.3. The van der Waals surface area contributed by atoms with Gasteiger partial charge >= 0.3 is 12.1 Å². The molecule has 1 aliphatic carbocycles. The molecular weight excluding hydrogens is 367 g/mol. The maximum atomic E-state index is 12.3. The van der Waals surface area contributed by atoms with Gasteiger partial charge in [-0.15, -0.1) is 0 Å². The second-order valence-electron chi connectivity index (χ2n) is 7.05. The Morgan fingerprint density at radius 1 is 0.862 bits per heavy atom. The number of rotatable bonds is 6. The molecule has 0 heterocycles. The lowest BCUT2D eigenvalue weighted by atomic mass is 9.98. The third kappa shape index (κ3) is 3.99. The van der Waals surface area contributed by atoms with Crippen LogP contribution in [0, 0.1) is 0 Å². The van der Waals surface area contributed by atoms with E-state index in [0.29, 0.717) is 0 Å². The number of aliphatic carboxylic acids is 1. The number of carboxylic acids is 1. The minimum absolute atomic E-state index is 0.0643. The van der Waals surface area contributed by atoms with Gasteiger partial charge in [0.1, 0.15) is 12.6 Å². The normalized spacial score (nSPS) is 13.2. The summed E-state index contributed by atoms with van der Waals surface area (Å²) in [6.45, 7) is 0.150. The van der Waals surface area contributed by atoms with Gasteiger partial charge in [-0.3, -0.25) is 0 Å². The van der Waals surface area contributed by atoms with E-state index in [9.17, 15) is 14.7 Å². The maximum Gasteiger partial charge on any atom is 0.407 e. The third-order valence-corrected chi connectivity index (χ3v) is 5.22.